The fourth-order valence-electron chi connectivity index (χ4n) is 5.49. The van der Waals surface area contributed by atoms with Crippen LogP contribution in [0.15, 0.2) is 0 Å². The summed E-state index contributed by atoms with van der Waals surface area (Å²) in [5, 5.41) is 3.34. The molecule has 3 nitrogen and oxygen atoms in total. The van der Waals surface area contributed by atoms with Gasteiger partial charge >= 0.3 is 0 Å². The predicted octanol–water partition coefficient (Wildman–Crippen LogP) is 2.41. The Balaban J connectivity index is 1.38. The minimum Gasteiger partial charge on any atom is -0.339 e. The lowest BCUT2D eigenvalue weighted by atomic mass is 9.83. The Hall–Kier alpha value is -0.570. The summed E-state index contributed by atoms with van der Waals surface area (Å²) in [6.07, 6.45) is 10.8. The fourth-order valence-corrected chi connectivity index (χ4v) is 5.49. The van der Waals surface area contributed by atoms with Crippen molar-refractivity contribution in [3.8, 4) is 0 Å². The van der Waals surface area contributed by atoms with Gasteiger partial charge in [-0.1, -0.05) is 6.42 Å². The topological polar surface area (TPSA) is 32.3 Å². The van der Waals surface area contributed by atoms with E-state index < -0.39 is 0 Å². The Morgan fingerprint density at radius 2 is 2.10 bits per heavy atom. The number of fused-ring (bicyclic) bond motifs is 2. The molecule has 20 heavy (non-hydrogen) atoms. The Bertz CT molecular complexity index is 377. The van der Waals surface area contributed by atoms with E-state index in [9.17, 15) is 4.79 Å². The maximum absolute atomic E-state index is 12.7. The summed E-state index contributed by atoms with van der Waals surface area (Å²) in [5.41, 5.74) is 0. The molecule has 2 saturated heterocycles. The number of nitrogens with one attached hydrogen (secondary N) is 1. The van der Waals surface area contributed by atoms with E-state index in [0.29, 0.717) is 11.9 Å². The highest BCUT2D eigenvalue weighted by Crippen LogP contribution is 2.50. The first-order valence-corrected chi connectivity index (χ1v) is 8.82. The molecule has 2 heterocycles. The Kier molecular flexibility index (Phi) is 3.49. The monoisotopic (exact) mass is 276 g/mol. The molecular weight excluding hydrogens is 248 g/mol. The molecule has 2 bridgehead atoms. The van der Waals surface area contributed by atoms with Gasteiger partial charge in [0.05, 0.1) is 5.92 Å². The third-order valence-electron chi connectivity index (χ3n) is 6.53. The van der Waals surface area contributed by atoms with Gasteiger partial charge in [-0.15, -0.1) is 0 Å². The van der Waals surface area contributed by atoms with Crippen molar-refractivity contribution >= 4 is 5.91 Å². The summed E-state index contributed by atoms with van der Waals surface area (Å²) in [7, 11) is 0. The zero-order valence-electron chi connectivity index (χ0n) is 12.5. The molecular formula is C17H28N2O. The standard InChI is InChI=1S/C17H28N2O/c20-17(14-5-6-18-11-14)19-7-1-2-16(19)10-15-9-12-3-4-13(15)8-12/h12-16,18H,1-11H2. The van der Waals surface area contributed by atoms with Crippen LogP contribution in [-0.2, 0) is 4.79 Å². The van der Waals surface area contributed by atoms with Crippen LogP contribution in [0.3, 0.4) is 0 Å². The summed E-state index contributed by atoms with van der Waals surface area (Å²) in [4.78, 5) is 14.9. The Labute approximate surface area is 122 Å². The molecule has 0 spiro atoms. The molecule has 2 saturated carbocycles. The van der Waals surface area contributed by atoms with Gasteiger partial charge in [0.2, 0.25) is 5.91 Å². The van der Waals surface area contributed by atoms with Crippen molar-refractivity contribution in [1.29, 1.82) is 0 Å². The average Bonchev–Trinajstić information content (AvgIpc) is 3.23. The highest BCUT2D eigenvalue weighted by molar-refractivity contribution is 5.80. The normalized spacial score (nSPS) is 43.6. The summed E-state index contributed by atoms with van der Waals surface area (Å²) in [6, 6.07) is 0.576. The Morgan fingerprint density at radius 1 is 1.15 bits per heavy atom. The predicted molar refractivity (Wildman–Crippen MR) is 79.3 cm³/mol. The SMILES string of the molecule is O=C(C1CCNC1)N1CCCC1CC1CC2CCC1C2. The molecule has 5 atom stereocenters. The molecule has 4 fully saturated rings. The zero-order chi connectivity index (χ0) is 13.5. The van der Waals surface area contributed by atoms with Gasteiger partial charge in [-0.05, 0) is 69.2 Å². The van der Waals surface area contributed by atoms with Gasteiger partial charge in [-0.2, -0.15) is 0 Å². The van der Waals surface area contributed by atoms with E-state index in [1.54, 1.807) is 0 Å². The molecule has 1 N–H and O–H groups in total. The second-order valence-corrected chi connectivity index (χ2v) is 7.69. The van der Waals surface area contributed by atoms with E-state index in [-0.39, 0.29) is 5.92 Å². The van der Waals surface area contributed by atoms with E-state index in [1.165, 1.54) is 44.9 Å². The van der Waals surface area contributed by atoms with Crippen LogP contribution in [0.1, 0.15) is 51.4 Å². The first-order chi connectivity index (χ1) is 9.81. The maximum atomic E-state index is 12.7. The summed E-state index contributed by atoms with van der Waals surface area (Å²) in [6.45, 7) is 2.97. The van der Waals surface area contributed by atoms with Crippen molar-refractivity contribution in [3.63, 3.8) is 0 Å². The summed E-state index contributed by atoms with van der Waals surface area (Å²) < 4.78 is 0. The van der Waals surface area contributed by atoms with E-state index in [0.717, 1.165) is 43.8 Å². The van der Waals surface area contributed by atoms with Crippen molar-refractivity contribution in [2.45, 2.75) is 57.4 Å². The highest BCUT2D eigenvalue weighted by atomic mass is 16.2. The van der Waals surface area contributed by atoms with Crippen molar-refractivity contribution in [3.05, 3.63) is 0 Å². The van der Waals surface area contributed by atoms with Gasteiger partial charge in [0.25, 0.3) is 0 Å². The van der Waals surface area contributed by atoms with Crippen molar-refractivity contribution < 1.29 is 4.79 Å². The molecule has 4 aliphatic rings. The van der Waals surface area contributed by atoms with Crippen LogP contribution in [0.4, 0.5) is 0 Å². The van der Waals surface area contributed by atoms with Gasteiger partial charge < -0.3 is 10.2 Å². The molecule has 2 aliphatic carbocycles. The van der Waals surface area contributed by atoms with Gasteiger partial charge in [-0.25, -0.2) is 0 Å². The van der Waals surface area contributed by atoms with Crippen LogP contribution in [0.5, 0.6) is 0 Å². The molecule has 1 amide bonds. The number of hydrogen-bond acceptors (Lipinski definition) is 2. The van der Waals surface area contributed by atoms with Crippen LogP contribution in [-0.4, -0.2) is 36.5 Å². The number of carbonyl (C=O) groups is 1. The smallest absolute Gasteiger partial charge is 0.227 e. The van der Waals surface area contributed by atoms with Gasteiger partial charge in [0.1, 0.15) is 0 Å². The number of hydrogen-bond donors (Lipinski definition) is 1. The molecule has 2 aliphatic heterocycles. The number of carbonyl (C=O) groups excluding carboxylic acids is 1. The zero-order valence-corrected chi connectivity index (χ0v) is 12.5. The van der Waals surface area contributed by atoms with Crippen LogP contribution < -0.4 is 5.32 Å². The number of rotatable bonds is 3. The molecule has 0 aromatic heterocycles. The number of nitrogens with zero attached hydrogens (tertiary/aromatic N) is 1. The molecule has 0 radical (unpaired) electrons. The summed E-state index contributed by atoms with van der Waals surface area (Å²) >= 11 is 0. The minimum absolute atomic E-state index is 0.274. The number of likely N-dealkylation sites (tertiary alicyclic amines) is 1. The third kappa shape index (κ3) is 2.28. The summed E-state index contributed by atoms with van der Waals surface area (Å²) in [5.74, 6) is 3.71. The molecule has 5 unspecified atom stereocenters. The van der Waals surface area contributed by atoms with Crippen molar-refractivity contribution in [2.75, 3.05) is 19.6 Å². The first-order valence-electron chi connectivity index (χ1n) is 8.82. The lowest BCUT2D eigenvalue weighted by Gasteiger charge is -2.31. The first kappa shape index (κ1) is 13.1. The van der Waals surface area contributed by atoms with Crippen molar-refractivity contribution in [1.82, 2.24) is 10.2 Å². The van der Waals surface area contributed by atoms with E-state index in [4.69, 9.17) is 0 Å². The minimum atomic E-state index is 0.274. The molecule has 112 valence electrons. The van der Waals surface area contributed by atoms with E-state index >= 15 is 0 Å². The largest absolute Gasteiger partial charge is 0.339 e. The lowest BCUT2D eigenvalue weighted by molar-refractivity contribution is -0.136. The van der Waals surface area contributed by atoms with E-state index in [2.05, 4.69) is 10.2 Å². The second-order valence-electron chi connectivity index (χ2n) is 7.69. The van der Waals surface area contributed by atoms with Gasteiger partial charge in [0.15, 0.2) is 0 Å². The molecule has 0 aromatic rings. The average molecular weight is 276 g/mol. The highest BCUT2D eigenvalue weighted by Gasteiger charge is 2.42. The fraction of sp³-hybridized carbons (Fsp3) is 0.941. The van der Waals surface area contributed by atoms with E-state index in [1.807, 2.05) is 0 Å². The van der Waals surface area contributed by atoms with Crippen LogP contribution in [0, 0.1) is 23.7 Å². The van der Waals surface area contributed by atoms with Crippen LogP contribution in [0.2, 0.25) is 0 Å². The molecule has 0 aromatic carbocycles. The maximum Gasteiger partial charge on any atom is 0.227 e. The molecule has 4 rings (SSSR count). The third-order valence-corrected chi connectivity index (χ3v) is 6.53. The second kappa shape index (κ2) is 5.32. The molecule has 3 heteroatoms. The van der Waals surface area contributed by atoms with Crippen LogP contribution >= 0.6 is 0 Å². The van der Waals surface area contributed by atoms with Gasteiger partial charge in [-0.3, -0.25) is 4.79 Å². The van der Waals surface area contributed by atoms with Crippen LogP contribution in [0.25, 0.3) is 0 Å². The Morgan fingerprint density at radius 3 is 2.80 bits per heavy atom. The quantitative estimate of drug-likeness (QED) is 0.858. The number of amides is 1. The van der Waals surface area contributed by atoms with Gasteiger partial charge in [0, 0.05) is 19.1 Å². The van der Waals surface area contributed by atoms with Crippen molar-refractivity contribution in [2.24, 2.45) is 23.7 Å². The lowest BCUT2D eigenvalue weighted by Crippen LogP contribution is -2.41.